The van der Waals surface area contributed by atoms with Crippen LogP contribution in [0.5, 0.6) is 0 Å². The maximum absolute atomic E-state index is 5.20. The first-order valence-electron chi connectivity index (χ1n) is 16.2. The molecule has 0 fully saturated rings. The van der Waals surface area contributed by atoms with Crippen molar-refractivity contribution in [1.29, 1.82) is 0 Å². The van der Waals surface area contributed by atoms with Crippen LogP contribution in [-0.4, -0.2) is 29.9 Å². The van der Waals surface area contributed by atoms with E-state index >= 15 is 0 Å². The predicted octanol–water partition coefficient (Wildman–Crippen LogP) is 8.77. The van der Waals surface area contributed by atoms with Gasteiger partial charge in [-0.1, -0.05) is 80.1 Å². The van der Waals surface area contributed by atoms with Gasteiger partial charge in [-0.3, -0.25) is 15.0 Å². The van der Waals surface area contributed by atoms with Gasteiger partial charge in [0.1, 0.15) is 0 Å². The van der Waals surface area contributed by atoms with E-state index in [0.29, 0.717) is 0 Å². The smallest absolute Gasteiger partial charge is 0.0921 e. The first-order chi connectivity index (χ1) is 20.5. The van der Waals surface area contributed by atoms with Gasteiger partial charge in [0, 0.05) is 35.3 Å². The van der Waals surface area contributed by atoms with Gasteiger partial charge in [0.25, 0.3) is 0 Å². The number of hydrogen-bond donors (Lipinski definition) is 0. The lowest BCUT2D eigenvalue weighted by Gasteiger charge is -2.16. The summed E-state index contributed by atoms with van der Waals surface area (Å²) in [6.07, 6.45) is 17.4. The van der Waals surface area contributed by atoms with E-state index in [4.69, 9.17) is 29.9 Å². The number of rotatable bonds is 15. The van der Waals surface area contributed by atoms with E-state index in [2.05, 4.69) is 59.7 Å². The van der Waals surface area contributed by atoms with Gasteiger partial charge >= 0.3 is 0 Å². The molecule has 6 heteroatoms. The van der Waals surface area contributed by atoms with Crippen LogP contribution in [0.4, 0.5) is 0 Å². The monoisotopic (exact) mass is 564 g/mol. The van der Waals surface area contributed by atoms with Gasteiger partial charge in [-0.15, -0.1) is 0 Å². The Balaban J connectivity index is 2.04. The Hall–Kier alpha value is -3.54. The van der Waals surface area contributed by atoms with Crippen molar-refractivity contribution in [3.05, 3.63) is 71.0 Å². The van der Waals surface area contributed by atoms with Crippen molar-refractivity contribution in [1.82, 2.24) is 29.9 Å². The maximum Gasteiger partial charge on any atom is 0.0921 e. The molecule has 0 saturated carbocycles. The highest BCUT2D eigenvalue weighted by molar-refractivity contribution is 5.80. The molecular formula is C36H48N6. The number of nitrogens with zero attached hydrogens (tertiary/aromatic N) is 6. The summed E-state index contributed by atoms with van der Waals surface area (Å²) in [6, 6.07) is 6.76. The van der Waals surface area contributed by atoms with Crippen molar-refractivity contribution in [2.45, 2.75) is 119 Å². The molecule has 0 radical (unpaired) electrons. The first kappa shape index (κ1) is 31.4. The van der Waals surface area contributed by atoms with Crippen LogP contribution in [0.25, 0.3) is 33.8 Å². The molecule has 0 amide bonds. The zero-order valence-corrected chi connectivity index (χ0v) is 26.6. The Morgan fingerprint density at radius 3 is 0.881 bits per heavy atom. The lowest BCUT2D eigenvalue weighted by molar-refractivity contribution is 0.831. The molecule has 6 nitrogen and oxygen atoms in total. The number of aryl methyl sites for hydroxylation is 6. The molecule has 42 heavy (non-hydrogen) atoms. The number of hydrogen-bond acceptors (Lipinski definition) is 6. The summed E-state index contributed by atoms with van der Waals surface area (Å²) in [6.45, 7) is 13.2. The van der Waals surface area contributed by atoms with Crippen molar-refractivity contribution in [3.63, 3.8) is 0 Å². The molecule has 0 saturated heterocycles. The predicted molar refractivity (Wildman–Crippen MR) is 173 cm³/mol. The largest absolute Gasteiger partial charge is 0.257 e. The SMILES string of the molecule is CCCc1cnc(CCC)c(-c2cc(-c3nc(CCC)cnc3CCC)cc(-c3nc(CCC)cnc3CCC)c2)n1. The van der Waals surface area contributed by atoms with Crippen molar-refractivity contribution in [3.8, 4) is 33.8 Å². The van der Waals surface area contributed by atoms with Crippen molar-refractivity contribution < 1.29 is 0 Å². The Morgan fingerprint density at radius 1 is 0.381 bits per heavy atom. The summed E-state index contributed by atoms with van der Waals surface area (Å²) in [5.74, 6) is 0. The zero-order chi connectivity index (χ0) is 29.9. The second-order valence-corrected chi connectivity index (χ2v) is 11.3. The molecule has 0 aliphatic heterocycles. The van der Waals surface area contributed by atoms with E-state index in [1.165, 1.54) is 0 Å². The van der Waals surface area contributed by atoms with Crippen LogP contribution in [0, 0.1) is 0 Å². The molecule has 0 bridgehead atoms. The third kappa shape index (κ3) is 7.64. The van der Waals surface area contributed by atoms with E-state index in [0.717, 1.165) is 145 Å². The summed E-state index contributed by atoms with van der Waals surface area (Å²) < 4.78 is 0. The first-order valence-corrected chi connectivity index (χ1v) is 16.2. The zero-order valence-electron chi connectivity index (χ0n) is 26.6. The van der Waals surface area contributed by atoms with Crippen molar-refractivity contribution in [2.75, 3.05) is 0 Å². The van der Waals surface area contributed by atoms with Gasteiger partial charge in [-0.05, 0) is 56.7 Å². The minimum atomic E-state index is 0.883. The molecule has 4 rings (SSSR count). The Kier molecular flexibility index (Phi) is 11.7. The average molecular weight is 565 g/mol. The summed E-state index contributed by atoms with van der Waals surface area (Å²) in [7, 11) is 0. The second-order valence-electron chi connectivity index (χ2n) is 11.3. The van der Waals surface area contributed by atoms with E-state index in [1.54, 1.807) is 0 Å². The van der Waals surface area contributed by atoms with Crippen LogP contribution < -0.4 is 0 Å². The maximum atomic E-state index is 5.20. The van der Waals surface area contributed by atoms with Gasteiger partial charge in [-0.2, -0.15) is 0 Å². The standard InChI is InChI=1S/C36H48N6/c1-7-13-28-22-37-31(16-10-4)34(40-28)25-19-26(35-32(17-11-5)38-23-29(41-35)14-8-2)21-27(20-25)36-33(18-12-6)39-24-30(42-36)15-9-3/h19-24H,7-18H2,1-6H3. The van der Waals surface area contributed by atoms with Gasteiger partial charge in [0.15, 0.2) is 0 Å². The quantitative estimate of drug-likeness (QED) is 0.144. The van der Waals surface area contributed by atoms with Crippen LogP contribution >= 0.6 is 0 Å². The van der Waals surface area contributed by atoms with Gasteiger partial charge < -0.3 is 0 Å². The summed E-state index contributed by atoms with van der Waals surface area (Å²) in [5.41, 5.74) is 12.3. The van der Waals surface area contributed by atoms with Crippen LogP contribution in [0.2, 0.25) is 0 Å². The fraction of sp³-hybridized carbons (Fsp3) is 0.500. The van der Waals surface area contributed by atoms with E-state index in [1.807, 2.05) is 18.6 Å². The van der Waals surface area contributed by atoms with Gasteiger partial charge in [0.2, 0.25) is 0 Å². The molecule has 0 unspecified atom stereocenters. The fourth-order valence-electron chi connectivity index (χ4n) is 5.47. The molecule has 3 aromatic heterocycles. The normalized spacial score (nSPS) is 11.3. The highest BCUT2D eigenvalue weighted by Crippen LogP contribution is 2.35. The molecule has 4 aromatic rings. The van der Waals surface area contributed by atoms with Gasteiger partial charge in [-0.25, -0.2) is 15.0 Å². The molecule has 0 aliphatic carbocycles. The van der Waals surface area contributed by atoms with Crippen LogP contribution in [0.3, 0.4) is 0 Å². The van der Waals surface area contributed by atoms with Crippen LogP contribution in [0.15, 0.2) is 36.8 Å². The van der Waals surface area contributed by atoms with E-state index < -0.39 is 0 Å². The molecule has 222 valence electrons. The topological polar surface area (TPSA) is 77.3 Å². The highest BCUT2D eigenvalue weighted by Gasteiger charge is 2.19. The summed E-state index contributed by atoms with van der Waals surface area (Å²) in [5, 5.41) is 0. The van der Waals surface area contributed by atoms with E-state index in [-0.39, 0.29) is 0 Å². The summed E-state index contributed by atoms with van der Waals surface area (Å²) in [4.78, 5) is 30.4. The molecule has 0 N–H and O–H groups in total. The second kappa shape index (κ2) is 15.6. The van der Waals surface area contributed by atoms with Crippen LogP contribution in [-0.2, 0) is 38.5 Å². The minimum absolute atomic E-state index is 0.883. The molecular weight excluding hydrogens is 516 g/mol. The highest BCUT2D eigenvalue weighted by atomic mass is 14.8. The molecule has 3 heterocycles. The Morgan fingerprint density at radius 2 is 0.643 bits per heavy atom. The minimum Gasteiger partial charge on any atom is -0.257 e. The third-order valence-electron chi connectivity index (χ3n) is 7.43. The molecule has 0 spiro atoms. The fourth-order valence-corrected chi connectivity index (χ4v) is 5.47. The molecule has 0 atom stereocenters. The lowest BCUT2D eigenvalue weighted by Crippen LogP contribution is -2.05. The average Bonchev–Trinajstić information content (AvgIpc) is 3.00. The number of benzene rings is 1. The van der Waals surface area contributed by atoms with Gasteiger partial charge in [0.05, 0.1) is 51.2 Å². The molecule has 0 aliphatic rings. The Labute approximate surface area is 252 Å². The van der Waals surface area contributed by atoms with E-state index in [9.17, 15) is 0 Å². The lowest BCUT2D eigenvalue weighted by atomic mass is 9.95. The van der Waals surface area contributed by atoms with Crippen LogP contribution in [0.1, 0.15) is 114 Å². The number of aromatic nitrogens is 6. The van der Waals surface area contributed by atoms with Crippen molar-refractivity contribution >= 4 is 0 Å². The summed E-state index contributed by atoms with van der Waals surface area (Å²) >= 11 is 0. The Bertz CT molecular complexity index is 1270. The third-order valence-corrected chi connectivity index (χ3v) is 7.43. The molecule has 1 aromatic carbocycles. The van der Waals surface area contributed by atoms with Crippen molar-refractivity contribution in [2.24, 2.45) is 0 Å².